The smallest absolute Gasteiger partial charge is 0.410 e. The van der Waals surface area contributed by atoms with Crippen LogP contribution in [0.5, 0.6) is 0 Å². The molecule has 0 radical (unpaired) electrons. The van der Waals surface area contributed by atoms with Crippen LogP contribution in [-0.4, -0.2) is 90.6 Å². The summed E-state index contributed by atoms with van der Waals surface area (Å²) in [6.45, 7) is 1.14. The zero-order valence-electron chi connectivity index (χ0n) is 31.1. The van der Waals surface area contributed by atoms with Crippen molar-refractivity contribution in [3.05, 3.63) is 67.7 Å². The first-order valence-electron chi connectivity index (χ1n) is 19.8. The fourth-order valence-electron chi connectivity index (χ4n) is 8.68. The Hall–Kier alpha value is -4.80. The fraction of sp³-hybridized carbons (Fsp3) is 0.590. The van der Waals surface area contributed by atoms with Crippen molar-refractivity contribution in [3.8, 4) is 0 Å². The standard InChI is InChI=1S/C39H47FN6O9S/c40-28-12-9-10-23-20-45(22-27(23)28)38(52)55-25-18-30-35(49)42-39(37(51)43-56(53,54)26-14-15-26)19-24(39)11-5-2-1-3-6-13-29(36(50)46(30)21-25)41-31-32(34(48)33(31)47)44-16-7-4-8-17-44/h5,9-12,24-26,29-30,41H,1-4,6-8,13-22H2,(H,42,49)(H,43,51)/b11-5-/t24-,25-,29+,30+,39-/m1/s1. The predicted molar refractivity (Wildman–Crippen MR) is 202 cm³/mol. The molecule has 4 heterocycles. The summed E-state index contributed by atoms with van der Waals surface area (Å²) >= 11 is 0. The molecule has 300 valence electrons. The van der Waals surface area contributed by atoms with Gasteiger partial charge in [0.1, 0.15) is 40.9 Å². The van der Waals surface area contributed by atoms with Gasteiger partial charge >= 0.3 is 6.09 Å². The summed E-state index contributed by atoms with van der Waals surface area (Å²) in [5, 5.41) is 5.24. The number of hydrogen-bond donors (Lipinski definition) is 3. The van der Waals surface area contributed by atoms with Crippen molar-refractivity contribution in [2.24, 2.45) is 5.92 Å². The molecule has 4 amide bonds. The van der Waals surface area contributed by atoms with Gasteiger partial charge in [-0.3, -0.25) is 33.6 Å². The highest BCUT2D eigenvalue weighted by Gasteiger charge is 2.62. The van der Waals surface area contributed by atoms with Crippen LogP contribution in [0.2, 0.25) is 0 Å². The van der Waals surface area contributed by atoms with E-state index in [-0.39, 0.29) is 50.3 Å². The molecule has 2 aromatic rings. The number of fused-ring (bicyclic) bond motifs is 3. The molecular formula is C39H47FN6O9S. The summed E-state index contributed by atoms with van der Waals surface area (Å²) in [4.78, 5) is 86.6. The van der Waals surface area contributed by atoms with E-state index < -0.39 is 85.4 Å². The first kappa shape index (κ1) is 38.1. The number of rotatable bonds is 7. The third kappa shape index (κ3) is 7.29. The number of piperidine rings is 1. The molecule has 4 fully saturated rings. The first-order valence-corrected chi connectivity index (χ1v) is 21.3. The molecule has 0 aromatic heterocycles. The van der Waals surface area contributed by atoms with Crippen molar-refractivity contribution in [1.29, 1.82) is 0 Å². The van der Waals surface area contributed by atoms with Gasteiger partial charge in [0, 0.05) is 37.5 Å². The van der Waals surface area contributed by atoms with Gasteiger partial charge in [0.15, 0.2) is 0 Å². The van der Waals surface area contributed by atoms with Crippen molar-refractivity contribution in [2.75, 3.05) is 29.9 Å². The lowest BCUT2D eigenvalue weighted by atomic mass is 10.0. The maximum Gasteiger partial charge on any atom is 0.410 e. The first-order chi connectivity index (χ1) is 26.9. The number of sulfonamides is 1. The number of anilines is 2. The average Bonchev–Trinajstić information content (AvgIpc) is 4.07. The van der Waals surface area contributed by atoms with Crippen LogP contribution in [-0.2, 0) is 42.2 Å². The second-order valence-electron chi connectivity index (χ2n) is 16.1. The number of nitrogens with zero attached hydrogens (tertiary/aromatic N) is 3. The largest absolute Gasteiger partial charge is 0.444 e. The average molecular weight is 795 g/mol. The van der Waals surface area contributed by atoms with Gasteiger partial charge in [0.05, 0.1) is 18.3 Å². The van der Waals surface area contributed by atoms with Crippen LogP contribution < -0.4 is 31.1 Å². The van der Waals surface area contributed by atoms with Crippen molar-refractivity contribution in [3.63, 3.8) is 0 Å². The quantitative estimate of drug-likeness (QED) is 0.276. The number of carbonyl (C=O) groups is 4. The molecule has 4 aliphatic heterocycles. The van der Waals surface area contributed by atoms with Crippen LogP contribution in [0.15, 0.2) is 39.9 Å². The fourth-order valence-corrected chi connectivity index (χ4v) is 10.0. The number of nitrogens with one attached hydrogen (secondary N) is 3. The third-order valence-corrected chi connectivity index (χ3v) is 14.0. The number of ether oxygens (including phenoxy) is 1. The maximum atomic E-state index is 14.7. The summed E-state index contributed by atoms with van der Waals surface area (Å²) in [5.41, 5.74) is -1.52. The monoisotopic (exact) mass is 794 g/mol. The molecular weight excluding hydrogens is 748 g/mol. The van der Waals surface area contributed by atoms with Crippen LogP contribution in [0.4, 0.5) is 20.6 Å². The number of amides is 4. The van der Waals surface area contributed by atoms with Crippen LogP contribution in [0, 0.1) is 11.7 Å². The van der Waals surface area contributed by atoms with Gasteiger partial charge in [-0.25, -0.2) is 17.6 Å². The zero-order chi connectivity index (χ0) is 39.4. The minimum atomic E-state index is -3.94. The molecule has 15 nitrogen and oxygen atoms in total. The third-order valence-electron chi connectivity index (χ3n) is 12.2. The highest BCUT2D eigenvalue weighted by Crippen LogP contribution is 2.46. The van der Waals surface area contributed by atoms with E-state index in [1.807, 2.05) is 17.1 Å². The van der Waals surface area contributed by atoms with Crippen molar-refractivity contribution in [2.45, 2.75) is 119 Å². The minimum absolute atomic E-state index is 0.0103. The van der Waals surface area contributed by atoms with Gasteiger partial charge < -0.3 is 25.2 Å². The lowest BCUT2D eigenvalue weighted by Gasteiger charge is -2.33. The molecule has 0 unspecified atom stereocenters. The Morgan fingerprint density at radius 1 is 0.946 bits per heavy atom. The Morgan fingerprint density at radius 2 is 1.71 bits per heavy atom. The second kappa shape index (κ2) is 14.9. The molecule has 2 aliphatic carbocycles. The normalized spacial score (nSPS) is 29.0. The number of hydrogen-bond acceptors (Lipinski definition) is 11. The second-order valence-corrected chi connectivity index (χ2v) is 18.1. The molecule has 5 atom stereocenters. The predicted octanol–water partition coefficient (Wildman–Crippen LogP) is 2.32. The Bertz CT molecular complexity index is 2140. The van der Waals surface area contributed by atoms with Gasteiger partial charge in [-0.15, -0.1) is 0 Å². The zero-order valence-corrected chi connectivity index (χ0v) is 31.9. The molecule has 8 rings (SSSR count). The molecule has 6 aliphatic rings. The Morgan fingerprint density at radius 3 is 2.46 bits per heavy atom. The van der Waals surface area contributed by atoms with Gasteiger partial charge in [0.25, 0.3) is 16.8 Å². The van der Waals surface area contributed by atoms with Gasteiger partial charge in [-0.1, -0.05) is 37.1 Å². The lowest BCUT2D eigenvalue weighted by molar-refractivity contribution is -0.140. The Kier molecular flexibility index (Phi) is 10.2. The molecule has 3 N–H and O–H groups in total. The van der Waals surface area contributed by atoms with E-state index in [0.717, 1.165) is 32.1 Å². The van der Waals surface area contributed by atoms with Gasteiger partial charge in [0.2, 0.25) is 21.8 Å². The summed E-state index contributed by atoms with van der Waals surface area (Å²) in [5.74, 6) is -3.04. The molecule has 0 spiro atoms. The highest BCUT2D eigenvalue weighted by atomic mass is 32.2. The van der Waals surface area contributed by atoms with Crippen molar-refractivity contribution < 1.29 is 36.7 Å². The van der Waals surface area contributed by atoms with E-state index in [1.54, 1.807) is 12.1 Å². The number of halogens is 1. The Labute approximate surface area is 323 Å². The summed E-state index contributed by atoms with van der Waals surface area (Å²) < 4.78 is 48.2. The van der Waals surface area contributed by atoms with Crippen LogP contribution in [0.3, 0.4) is 0 Å². The van der Waals surface area contributed by atoms with Crippen molar-refractivity contribution in [1.82, 2.24) is 19.8 Å². The Balaban J connectivity index is 1.07. The SMILES string of the molecule is O=C1N[C@]2(C(=O)NS(=O)(=O)C3CC3)C[C@H]2/C=C\CCCCC[C@H](Nc2c(N3CCCCC3)c(=O)c2=O)C(=O)N2C[C@H](OC(=O)N3Cc4cccc(F)c4C3)C[C@@H]12. The molecule has 56 heavy (non-hydrogen) atoms. The lowest BCUT2D eigenvalue weighted by Crippen LogP contribution is -2.58. The van der Waals surface area contributed by atoms with Crippen molar-refractivity contribution >= 4 is 45.2 Å². The maximum absolute atomic E-state index is 14.7. The van der Waals surface area contributed by atoms with Gasteiger partial charge in [-0.2, -0.15) is 0 Å². The number of carbonyl (C=O) groups excluding carboxylic acids is 4. The summed E-state index contributed by atoms with van der Waals surface area (Å²) in [6.07, 6.45) is 8.63. The van der Waals surface area contributed by atoms with E-state index in [1.165, 1.54) is 15.9 Å². The number of allylic oxidation sites excluding steroid dienone is 1. The van der Waals surface area contributed by atoms with Gasteiger partial charge in [-0.05, 0) is 69.4 Å². The van der Waals surface area contributed by atoms with E-state index in [0.29, 0.717) is 49.9 Å². The van der Waals surface area contributed by atoms with E-state index in [4.69, 9.17) is 4.74 Å². The topological polar surface area (TPSA) is 192 Å². The molecule has 0 bridgehead atoms. The molecule has 2 saturated heterocycles. The van der Waals surface area contributed by atoms with E-state index >= 15 is 0 Å². The minimum Gasteiger partial charge on any atom is -0.444 e. The summed E-state index contributed by atoms with van der Waals surface area (Å²) in [7, 11) is -3.94. The molecule has 17 heteroatoms. The van der Waals surface area contributed by atoms with E-state index in [9.17, 15) is 41.6 Å². The van der Waals surface area contributed by atoms with Crippen LogP contribution in [0.1, 0.15) is 88.2 Å². The number of benzene rings is 1. The van der Waals surface area contributed by atoms with E-state index in [2.05, 4.69) is 15.4 Å². The highest BCUT2D eigenvalue weighted by molar-refractivity contribution is 7.91. The summed E-state index contributed by atoms with van der Waals surface area (Å²) in [6, 6.07) is 2.35. The molecule has 2 saturated carbocycles. The molecule has 2 aromatic carbocycles. The van der Waals surface area contributed by atoms with Crippen LogP contribution in [0.25, 0.3) is 0 Å². The van der Waals surface area contributed by atoms with Crippen LogP contribution >= 0.6 is 0 Å².